The van der Waals surface area contributed by atoms with Crippen LogP contribution in [0.1, 0.15) is 52.0 Å². The number of carbonyl (C=O) groups is 4. The molecule has 3 fully saturated rings. The highest BCUT2D eigenvalue weighted by molar-refractivity contribution is 6.24. The second-order valence-corrected chi connectivity index (χ2v) is 12.5. The zero-order valence-electron chi connectivity index (χ0n) is 24.4. The van der Waals surface area contributed by atoms with Crippen LogP contribution in [0.4, 0.5) is 11.5 Å². The van der Waals surface area contributed by atoms with Crippen LogP contribution in [-0.2, 0) is 15.0 Å². The van der Waals surface area contributed by atoms with Crippen LogP contribution < -0.4 is 20.7 Å². The second-order valence-electron chi connectivity index (χ2n) is 12.5. The van der Waals surface area contributed by atoms with E-state index in [1.54, 1.807) is 24.3 Å². The van der Waals surface area contributed by atoms with E-state index in [0.717, 1.165) is 55.2 Å². The molecule has 0 bridgehead atoms. The number of benzene rings is 2. The number of phenolic OH excluding ortho intramolecular Hbond substituents is 1. The number of ether oxygens (including phenoxy) is 1. The van der Waals surface area contributed by atoms with Gasteiger partial charge < -0.3 is 20.5 Å². The number of piperidine rings is 2. The summed E-state index contributed by atoms with van der Waals surface area (Å²) in [5, 5.41) is 20.8. The van der Waals surface area contributed by atoms with Crippen LogP contribution in [0.25, 0.3) is 11.3 Å². The fraction of sp³-hybridized carbons (Fsp3) is 0.375. The molecule has 2 aromatic carbocycles. The van der Waals surface area contributed by atoms with E-state index in [0.29, 0.717) is 35.5 Å². The number of nitrogen functional groups attached to an aromatic ring is 1. The monoisotopic (exact) mass is 609 g/mol. The van der Waals surface area contributed by atoms with Gasteiger partial charge in [0.25, 0.3) is 11.8 Å². The zero-order valence-corrected chi connectivity index (χ0v) is 24.4. The molecular formula is C32H31N7O6. The molecule has 1 atom stereocenters. The summed E-state index contributed by atoms with van der Waals surface area (Å²) in [6, 6.07) is 11.8. The van der Waals surface area contributed by atoms with E-state index in [1.807, 2.05) is 18.2 Å². The Bertz CT molecular complexity index is 1800. The molecule has 1 spiro atoms. The predicted octanol–water partition coefficient (Wildman–Crippen LogP) is 1.45. The third kappa shape index (κ3) is 4.17. The molecule has 0 aliphatic carbocycles. The molecule has 3 saturated heterocycles. The Labute approximate surface area is 257 Å². The highest BCUT2D eigenvalue weighted by Crippen LogP contribution is 2.50. The van der Waals surface area contributed by atoms with Gasteiger partial charge in [0, 0.05) is 42.1 Å². The average Bonchev–Trinajstić information content (AvgIpc) is 3.49. The summed E-state index contributed by atoms with van der Waals surface area (Å²) >= 11 is 0. The molecule has 4 N–H and O–H groups in total. The molecule has 45 heavy (non-hydrogen) atoms. The minimum Gasteiger partial charge on any atom is -0.507 e. The standard InChI is InChI=1S/C32H31N7O6/c33-28-23(13-21(35-36-28)18-3-1-2-4-24(18)40)38-14-17(15-38)37-11-9-32(10-12-37)16-45-27-20(32)6-5-19-26(27)31(44)39(30(19)43)22-7-8-25(41)34-29(22)42/h1-6,13,17,22,40H,7-12,14-16H2,(H2,33,36)(H,34,41,42). The highest BCUT2D eigenvalue weighted by atomic mass is 16.5. The first-order chi connectivity index (χ1) is 21.7. The number of nitrogens with two attached hydrogens (primary N) is 1. The largest absolute Gasteiger partial charge is 0.507 e. The number of amides is 4. The number of nitrogens with zero attached hydrogens (tertiary/aromatic N) is 5. The van der Waals surface area contributed by atoms with Crippen molar-refractivity contribution in [3.05, 3.63) is 59.2 Å². The third-order valence-corrected chi connectivity index (χ3v) is 10.1. The van der Waals surface area contributed by atoms with Gasteiger partial charge in [0.15, 0.2) is 5.82 Å². The van der Waals surface area contributed by atoms with Crippen molar-refractivity contribution < 1.29 is 29.0 Å². The highest BCUT2D eigenvalue weighted by Gasteiger charge is 2.51. The molecule has 6 heterocycles. The maximum atomic E-state index is 13.6. The molecule has 13 heteroatoms. The average molecular weight is 610 g/mol. The van der Waals surface area contributed by atoms with Gasteiger partial charge in [-0.05, 0) is 56.6 Å². The van der Waals surface area contributed by atoms with Crippen molar-refractivity contribution in [2.45, 2.75) is 43.2 Å². The molecule has 230 valence electrons. The summed E-state index contributed by atoms with van der Waals surface area (Å²) < 4.78 is 6.19. The Balaban J connectivity index is 0.952. The van der Waals surface area contributed by atoms with E-state index in [2.05, 4.69) is 25.3 Å². The van der Waals surface area contributed by atoms with Crippen molar-refractivity contribution in [2.75, 3.05) is 43.4 Å². The lowest BCUT2D eigenvalue weighted by Gasteiger charge is -2.50. The fourth-order valence-corrected chi connectivity index (χ4v) is 7.46. The van der Waals surface area contributed by atoms with E-state index in [-0.39, 0.29) is 35.1 Å². The van der Waals surface area contributed by atoms with E-state index in [4.69, 9.17) is 10.5 Å². The lowest BCUT2D eigenvalue weighted by atomic mass is 9.73. The summed E-state index contributed by atoms with van der Waals surface area (Å²) in [7, 11) is 0. The topological polar surface area (TPSA) is 171 Å². The summed E-state index contributed by atoms with van der Waals surface area (Å²) in [5.74, 6) is -1.17. The number of imide groups is 2. The van der Waals surface area contributed by atoms with Crippen molar-refractivity contribution in [3.8, 4) is 22.8 Å². The Morgan fingerprint density at radius 3 is 2.51 bits per heavy atom. The quantitative estimate of drug-likeness (QED) is 0.366. The smallest absolute Gasteiger partial charge is 0.266 e. The number of hydrogen-bond acceptors (Lipinski definition) is 11. The Morgan fingerprint density at radius 1 is 0.978 bits per heavy atom. The first kappa shape index (κ1) is 27.5. The molecule has 3 aromatic rings. The van der Waals surface area contributed by atoms with Crippen molar-refractivity contribution >= 4 is 35.1 Å². The minimum absolute atomic E-state index is 0.0723. The summed E-state index contributed by atoms with van der Waals surface area (Å²) in [6.45, 7) is 3.70. The molecule has 13 nitrogen and oxygen atoms in total. The molecule has 1 aromatic heterocycles. The van der Waals surface area contributed by atoms with Gasteiger partial charge in [-0.25, -0.2) is 0 Å². The number of rotatable bonds is 4. The zero-order chi connectivity index (χ0) is 31.0. The maximum absolute atomic E-state index is 13.6. The van der Waals surface area contributed by atoms with Crippen LogP contribution in [0.3, 0.4) is 0 Å². The van der Waals surface area contributed by atoms with Crippen molar-refractivity contribution in [3.63, 3.8) is 0 Å². The van der Waals surface area contributed by atoms with Gasteiger partial charge in [-0.15, -0.1) is 10.2 Å². The number of likely N-dealkylation sites (tertiary alicyclic amines) is 1. The van der Waals surface area contributed by atoms with Crippen LogP contribution >= 0.6 is 0 Å². The van der Waals surface area contributed by atoms with Gasteiger partial charge >= 0.3 is 0 Å². The number of para-hydroxylation sites is 1. The number of hydrogen-bond donors (Lipinski definition) is 3. The van der Waals surface area contributed by atoms with Gasteiger partial charge in [-0.3, -0.25) is 34.3 Å². The SMILES string of the molecule is Nc1nnc(-c2ccccc2O)cc1N1CC(N2CCC3(CC2)COc2c3ccc3c2C(=O)N(C2CCC(=O)NC2=O)C3=O)C1. The lowest BCUT2D eigenvalue weighted by Crippen LogP contribution is -2.62. The number of fused-ring (bicyclic) bond motifs is 4. The Hall–Kier alpha value is -5.04. The molecule has 5 aliphatic heterocycles. The Kier molecular flexibility index (Phi) is 6.11. The van der Waals surface area contributed by atoms with Crippen LogP contribution in [0.2, 0.25) is 0 Å². The van der Waals surface area contributed by atoms with Crippen molar-refractivity contribution in [1.29, 1.82) is 0 Å². The first-order valence-corrected chi connectivity index (χ1v) is 15.2. The minimum atomic E-state index is -1.01. The molecular weight excluding hydrogens is 578 g/mol. The van der Waals surface area contributed by atoms with Crippen molar-refractivity contribution in [1.82, 2.24) is 25.3 Å². The molecule has 0 radical (unpaired) electrons. The summed E-state index contributed by atoms with van der Waals surface area (Å²) in [5.41, 5.74) is 9.30. The molecule has 4 amide bonds. The normalized spacial score (nSPS) is 22.7. The van der Waals surface area contributed by atoms with Gasteiger partial charge in [-0.1, -0.05) is 18.2 Å². The van der Waals surface area contributed by atoms with E-state index < -0.39 is 29.7 Å². The van der Waals surface area contributed by atoms with Crippen LogP contribution in [0.5, 0.6) is 11.5 Å². The lowest BCUT2D eigenvalue weighted by molar-refractivity contribution is -0.136. The summed E-state index contributed by atoms with van der Waals surface area (Å²) in [6.07, 6.45) is 1.86. The first-order valence-electron chi connectivity index (χ1n) is 15.2. The van der Waals surface area contributed by atoms with Crippen LogP contribution in [-0.4, -0.2) is 93.6 Å². The molecule has 1 unspecified atom stereocenters. The fourth-order valence-electron chi connectivity index (χ4n) is 7.46. The number of carbonyl (C=O) groups excluding carboxylic acids is 4. The number of nitrogens with one attached hydrogen (secondary N) is 1. The Morgan fingerprint density at radius 2 is 1.76 bits per heavy atom. The number of aromatic nitrogens is 2. The van der Waals surface area contributed by atoms with Crippen LogP contribution in [0.15, 0.2) is 42.5 Å². The van der Waals surface area contributed by atoms with Gasteiger partial charge in [0.2, 0.25) is 11.8 Å². The molecule has 8 rings (SSSR count). The van der Waals surface area contributed by atoms with E-state index >= 15 is 0 Å². The summed E-state index contributed by atoms with van der Waals surface area (Å²) in [4.78, 5) is 56.6. The molecule has 0 saturated carbocycles. The third-order valence-electron chi connectivity index (χ3n) is 10.1. The van der Waals surface area contributed by atoms with E-state index in [9.17, 15) is 24.3 Å². The van der Waals surface area contributed by atoms with Gasteiger partial charge in [-0.2, -0.15) is 0 Å². The van der Waals surface area contributed by atoms with Crippen LogP contribution in [0, 0.1) is 0 Å². The predicted molar refractivity (Wildman–Crippen MR) is 161 cm³/mol. The number of phenols is 1. The van der Waals surface area contributed by atoms with E-state index in [1.165, 1.54) is 0 Å². The van der Waals surface area contributed by atoms with Crippen molar-refractivity contribution in [2.24, 2.45) is 0 Å². The number of aromatic hydroxyl groups is 1. The maximum Gasteiger partial charge on any atom is 0.266 e. The van der Waals surface area contributed by atoms with Gasteiger partial charge in [0.05, 0.1) is 29.1 Å². The molecule has 5 aliphatic rings. The second kappa shape index (κ2) is 9.99. The number of anilines is 2. The van der Waals surface area contributed by atoms with Gasteiger partial charge in [0.1, 0.15) is 17.5 Å².